The lowest BCUT2D eigenvalue weighted by molar-refractivity contribution is 0.392. The van der Waals surface area contributed by atoms with Crippen molar-refractivity contribution in [3.05, 3.63) is 24.4 Å². The summed E-state index contributed by atoms with van der Waals surface area (Å²) in [4.78, 5) is 2.39. The second-order valence-corrected chi connectivity index (χ2v) is 4.03. The Morgan fingerprint density at radius 2 is 1.73 bits per heavy atom. The van der Waals surface area contributed by atoms with Crippen molar-refractivity contribution in [3.63, 3.8) is 0 Å². The van der Waals surface area contributed by atoms with Gasteiger partial charge in [0.1, 0.15) is 0 Å². The van der Waals surface area contributed by atoms with E-state index in [0.717, 1.165) is 6.54 Å². The van der Waals surface area contributed by atoms with Crippen LogP contribution in [0.5, 0.6) is 0 Å². The highest BCUT2D eigenvalue weighted by molar-refractivity contribution is 5.08. The van der Waals surface area contributed by atoms with Crippen LogP contribution in [0.4, 0.5) is 0 Å². The molecule has 0 spiro atoms. The zero-order valence-corrected chi connectivity index (χ0v) is 9.91. The van der Waals surface area contributed by atoms with Gasteiger partial charge in [0, 0.05) is 13.1 Å². The van der Waals surface area contributed by atoms with E-state index in [1.165, 1.54) is 45.1 Å². The van der Waals surface area contributed by atoms with Gasteiger partial charge in [-0.1, -0.05) is 51.2 Å². The minimum Gasteiger partial charge on any atom is -0.412 e. The summed E-state index contributed by atoms with van der Waals surface area (Å²) in [6, 6.07) is 0. The van der Waals surface area contributed by atoms with Crippen molar-refractivity contribution < 1.29 is 5.48 Å². The van der Waals surface area contributed by atoms with Crippen molar-refractivity contribution in [1.29, 1.82) is 0 Å². The van der Waals surface area contributed by atoms with Gasteiger partial charge in [-0.15, -0.1) is 0 Å². The Bertz CT molecular complexity index is 187. The molecule has 0 radical (unpaired) electrons. The molecular weight excluding hydrogens is 186 g/mol. The zero-order valence-electron chi connectivity index (χ0n) is 9.91. The monoisotopic (exact) mass is 211 g/mol. The van der Waals surface area contributed by atoms with Gasteiger partial charge in [0.05, 0.1) is 0 Å². The first-order valence-corrected chi connectivity index (χ1v) is 6.01. The summed E-state index contributed by atoms with van der Waals surface area (Å²) in [6.07, 6.45) is 17.0. The molecule has 0 aromatic rings. The van der Waals surface area contributed by atoms with Crippen molar-refractivity contribution in [2.75, 3.05) is 13.1 Å². The third kappa shape index (κ3) is 7.20. The van der Waals surface area contributed by atoms with E-state index in [0.29, 0.717) is 0 Å². The molecule has 0 aromatic heterocycles. The summed E-state index contributed by atoms with van der Waals surface area (Å²) < 4.78 is 0. The minimum atomic E-state index is 0. The Morgan fingerprint density at radius 3 is 2.40 bits per heavy atom. The topological polar surface area (TPSA) is 34.7 Å². The summed E-state index contributed by atoms with van der Waals surface area (Å²) in [5.74, 6) is 0. The van der Waals surface area contributed by atoms with E-state index in [4.69, 9.17) is 0 Å². The molecule has 0 aromatic carbocycles. The molecule has 0 amide bonds. The molecule has 0 unspecified atom stereocenters. The highest BCUT2D eigenvalue weighted by atomic mass is 16.0. The molecule has 1 aliphatic rings. The fourth-order valence-corrected chi connectivity index (χ4v) is 1.77. The molecule has 2 N–H and O–H groups in total. The van der Waals surface area contributed by atoms with Crippen LogP contribution in [-0.2, 0) is 0 Å². The molecule has 0 aliphatic carbocycles. The van der Waals surface area contributed by atoms with Crippen molar-refractivity contribution >= 4 is 0 Å². The highest BCUT2D eigenvalue weighted by Crippen LogP contribution is 2.07. The molecule has 0 fully saturated rings. The highest BCUT2D eigenvalue weighted by Gasteiger charge is 1.98. The van der Waals surface area contributed by atoms with Crippen LogP contribution in [0.2, 0.25) is 0 Å². The lowest BCUT2D eigenvalue weighted by atomic mass is 10.1. The maximum Gasteiger partial charge on any atom is 0.0357 e. The SMILES string of the molecule is CCCCCCCCN1C=CC=CC1.O. The van der Waals surface area contributed by atoms with Gasteiger partial charge in [-0.25, -0.2) is 0 Å². The minimum absolute atomic E-state index is 0. The standard InChI is InChI=1S/C13H23N.H2O/c1-2-3-4-5-6-8-11-14-12-9-7-10-13-14;/h7,9-10,12H,2-6,8,11,13H2,1H3;1H2. The van der Waals surface area contributed by atoms with Crippen LogP contribution in [-0.4, -0.2) is 23.5 Å². The molecule has 0 saturated heterocycles. The maximum atomic E-state index is 2.39. The van der Waals surface area contributed by atoms with Crippen LogP contribution in [0.15, 0.2) is 24.4 Å². The maximum absolute atomic E-state index is 2.39. The van der Waals surface area contributed by atoms with Crippen molar-refractivity contribution in [1.82, 2.24) is 4.90 Å². The lowest BCUT2D eigenvalue weighted by Crippen LogP contribution is -2.19. The Labute approximate surface area is 94.0 Å². The molecule has 2 heteroatoms. The Kier molecular flexibility index (Phi) is 9.29. The average Bonchev–Trinajstić information content (AvgIpc) is 2.25. The number of nitrogens with zero attached hydrogens (tertiary/aromatic N) is 1. The van der Waals surface area contributed by atoms with Crippen molar-refractivity contribution in [2.45, 2.75) is 45.4 Å². The first kappa shape index (κ1) is 14.2. The molecular formula is C13H25NO. The largest absolute Gasteiger partial charge is 0.412 e. The van der Waals surface area contributed by atoms with Crippen LogP contribution < -0.4 is 0 Å². The normalized spacial score (nSPS) is 14.1. The van der Waals surface area contributed by atoms with Gasteiger partial charge in [0.15, 0.2) is 0 Å². The molecule has 2 nitrogen and oxygen atoms in total. The third-order valence-corrected chi connectivity index (χ3v) is 2.68. The fourth-order valence-electron chi connectivity index (χ4n) is 1.77. The number of hydrogen-bond donors (Lipinski definition) is 0. The van der Waals surface area contributed by atoms with Crippen LogP contribution in [0.3, 0.4) is 0 Å². The summed E-state index contributed by atoms with van der Waals surface area (Å²) in [6.45, 7) is 4.60. The van der Waals surface area contributed by atoms with Gasteiger partial charge in [0.2, 0.25) is 0 Å². The second kappa shape index (κ2) is 9.78. The van der Waals surface area contributed by atoms with Crippen molar-refractivity contribution in [3.8, 4) is 0 Å². The third-order valence-electron chi connectivity index (χ3n) is 2.68. The Morgan fingerprint density at radius 1 is 1.00 bits per heavy atom. The van der Waals surface area contributed by atoms with Crippen LogP contribution in [0.25, 0.3) is 0 Å². The average molecular weight is 211 g/mol. The Hall–Kier alpha value is -0.760. The predicted molar refractivity (Wildman–Crippen MR) is 66.8 cm³/mol. The van der Waals surface area contributed by atoms with Crippen LogP contribution >= 0.6 is 0 Å². The first-order valence-electron chi connectivity index (χ1n) is 6.01. The second-order valence-electron chi connectivity index (χ2n) is 4.03. The molecule has 1 aliphatic heterocycles. The van der Waals surface area contributed by atoms with E-state index in [1.807, 2.05) is 0 Å². The number of rotatable bonds is 7. The van der Waals surface area contributed by atoms with Gasteiger partial charge in [0.25, 0.3) is 0 Å². The zero-order chi connectivity index (χ0) is 10.1. The van der Waals surface area contributed by atoms with Gasteiger partial charge >= 0.3 is 0 Å². The summed E-state index contributed by atoms with van der Waals surface area (Å²) in [5.41, 5.74) is 0. The molecule has 0 bridgehead atoms. The fraction of sp³-hybridized carbons (Fsp3) is 0.692. The predicted octanol–water partition coefficient (Wildman–Crippen LogP) is 2.91. The Balaban J connectivity index is 0.00000196. The van der Waals surface area contributed by atoms with Crippen LogP contribution in [0, 0.1) is 0 Å². The first-order chi connectivity index (χ1) is 6.93. The number of unbranched alkanes of at least 4 members (excludes halogenated alkanes) is 5. The van der Waals surface area contributed by atoms with E-state index in [1.54, 1.807) is 0 Å². The molecule has 0 saturated carbocycles. The van der Waals surface area contributed by atoms with Gasteiger partial charge in [-0.2, -0.15) is 0 Å². The molecule has 1 rings (SSSR count). The van der Waals surface area contributed by atoms with Gasteiger partial charge in [-0.05, 0) is 18.7 Å². The van der Waals surface area contributed by atoms with E-state index in [2.05, 4.69) is 36.3 Å². The molecule has 1 heterocycles. The number of hydrogen-bond acceptors (Lipinski definition) is 1. The smallest absolute Gasteiger partial charge is 0.0357 e. The van der Waals surface area contributed by atoms with Crippen molar-refractivity contribution in [2.24, 2.45) is 0 Å². The van der Waals surface area contributed by atoms with E-state index in [9.17, 15) is 0 Å². The lowest BCUT2D eigenvalue weighted by Gasteiger charge is -2.20. The van der Waals surface area contributed by atoms with Gasteiger partial charge < -0.3 is 10.4 Å². The summed E-state index contributed by atoms with van der Waals surface area (Å²) in [5, 5.41) is 0. The number of allylic oxidation sites excluding steroid dienone is 2. The molecule has 0 atom stereocenters. The molecule has 88 valence electrons. The van der Waals surface area contributed by atoms with E-state index in [-0.39, 0.29) is 5.48 Å². The van der Waals surface area contributed by atoms with Crippen LogP contribution in [0.1, 0.15) is 45.4 Å². The summed E-state index contributed by atoms with van der Waals surface area (Å²) in [7, 11) is 0. The van der Waals surface area contributed by atoms with E-state index >= 15 is 0 Å². The van der Waals surface area contributed by atoms with Gasteiger partial charge in [-0.3, -0.25) is 0 Å². The summed E-state index contributed by atoms with van der Waals surface area (Å²) >= 11 is 0. The van der Waals surface area contributed by atoms with E-state index < -0.39 is 0 Å². The quantitative estimate of drug-likeness (QED) is 0.596. The molecule has 15 heavy (non-hydrogen) atoms.